The fourth-order valence-corrected chi connectivity index (χ4v) is 3.34. The molecule has 140 valence electrons. The van der Waals surface area contributed by atoms with Gasteiger partial charge in [0.05, 0.1) is 12.5 Å². The summed E-state index contributed by atoms with van der Waals surface area (Å²) in [5, 5.41) is 6.71. The molecule has 5 rings (SSSR count). The molecule has 1 atom stereocenters. The van der Waals surface area contributed by atoms with E-state index in [0.717, 1.165) is 12.8 Å². The van der Waals surface area contributed by atoms with Gasteiger partial charge in [0.25, 0.3) is 0 Å². The molecule has 9 nitrogen and oxygen atoms in total. The first-order chi connectivity index (χ1) is 13.2. The van der Waals surface area contributed by atoms with E-state index in [0.29, 0.717) is 41.4 Å². The number of benzene rings is 1. The molecular weight excluding hydrogens is 352 g/mol. The second-order valence-corrected chi connectivity index (χ2v) is 6.98. The van der Waals surface area contributed by atoms with Crippen LogP contribution in [0.2, 0.25) is 0 Å². The summed E-state index contributed by atoms with van der Waals surface area (Å²) in [4.78, 5) is 30.7. The molecule has 2 aromatic rings. The molecule has 1 aromatic heterocycles. The van der Waals surface area contributed by atoms with Gasteiger partial charge in [-0.15, -0.1) is 0 Å². The van der Waals surface area contributed by atoms with Crippen LogP contribution in [0.4, 0.5) is 5.69 Å². The largest absolute Gasteiger partial charge is 0.454 e. The van der Waals surface area contributed by atoms with Gasteiger partial charge in [0, 0.05) is 30.6 Å². The van der Waals surface area contributed by atoms with Crippen LogP contribution in [0.15, 0.2) is 22.7 Å². The number of anilines is 1. The second kappa shape index (κ2) is 6.26. The Hall–Kier alpha value is -3.10. The molecule has 2 amide bonds. The van der Waals surface area contributed by atoms with Crippen LogP contribution in [0, 0.1) is 5.92 Å². The van der Waals surface area contributed by atoms with Crippen molar-refractivity contribution in [2.75, 3.05) is 18.2 Å². The Morgan fingerprint density at radius 2 is 2.11 bits per heavy atom. The van der Waals surface area contributed by atoms with Gasteiger partial charge in [0.2, 0.25) is 24.5 Å². The molecule has 0 spiro atoms. The Bertz CT molecular complexity index is 907. The number of hydrogen-bond donors (Lipinski definition) is 1. The number of hydrogen-bond acceptors (Lipinski definition) is 7. The molecule has 0 bridgehead atoms. The van der Waals surface area contributed by atoms with Crippen molar-refractivity contribution < 1.29 is 23.6 Å². The van der Waals surface area contributed by atoms with Crippen molar-refractivity contribution in [1.82, 2.24) is 15.5 Å². The number of nitrogens with zero attached hydrogens (tertiary/aromatic N) is 3. The highest BCUT2D eigenvalue weighted by Gasteiger charge is 2.36. The number of nitrogens with one attached hydrogen (secondary N) is 1. The lowest BCUT2D eigenvalue weighted by Gasteiger charge is -2.17. The average molecular weight is 370 g/mol. The summed E-state index contributed by atoms with van der Waals surface area (Å²) in [5.74, 6) is 2.06. The number of rotatable bonds is 5. The maximum atomic E-state index is 12.5. The van der Waals surface area contributed by atoms with E-state index in [1.807, 2.05) is 0 Å². The predicted molar refractivity (Wildman–Crippen MR) is 91.1 cm³/mol. The summed E-state index contributed by atoms with van der Waals surface area (Å²) < 4.78 is 15.8. The monoisotopic (exact) mass is 370 g/mol. The SMILES string of the molecule is O=C(NCc1nc(C2CC2)no1)C1CC(=O)N(c2ccc3c(c2)OCO3)C1. The molecule has 27 heavy (non-hydrogen) atoms. The van der Waals surface area contributed by atoms with Crippen LogP contribution in [0.5, 0.6) is 11.5 Å². The topological polar surface area (TPSA) is 107 Å². The third-order valence-electron chi connectivity index (χ3n) is 5.00. The van der Waals surface area contributed by atoms with Gasteiger partial charge in [0.1, 0.15) is 0 Å². The number of aromatic nitrogens is 2. The van der Waals surface area contributed by atoms with Crippen molar-refractivity contribution in [1.29, 1.82) is 0 Å². The minimum absolute atomic E-state index is 0.0946. The second-order valence-electron chi connectivity index (χ2n) is 6.98. The van der Waals surface area contributed by atoms with Crippen molar-refractivity contribution >= 4 is 17.5 Å². The summed E-state index contributed by atoms with van der Waals surface area (Å²) in [6.45, 7) is 0.671. The highest BCUT2D eigenvalue weighted by atomic mass is 16.7. The Morgan fingerprint density at radius 1 is 1.26 bits per heavy atom. The number of ether oxygens (including phenoxy) is 2. The Labute approximate surface area is 154 Å². The molecule has 9 heteroatoms. The maximum Gasteiger partial charge on any atom is 0.246 e. The van der Waals surface area contributed by atoms with E-state index in [2.05, 4.69) is 15.5 Å². The molecule has 1 unspecified atom stereocenters. The van der Waals surface area contributed by atoms with Gasteiger partial charge in [-0.05, 0) is 25.0 Å². The molecule has 1 N–H and O–H groups in total. The summed E-state index contributed by atoms with van der Waals surface area (Å²) in [7, 11) is 0. The number of carbonyl (C=O) groups is 2. The highest BCUT2D eigenvalue weighted by molar-refractivity contribution is 6.00. The first-order valence-electron chi connectivity index (χ1n) is 8.97. The van der Waals surface area contributed by atoms with Crippen molar-refractivity contribution in [3.63, 3.8) is 0 Å². The number of carbonyl (C=O) groups excluding carboxylic acids is 2. The zero-order valence-electron chi connectivity index (χ0n) is 14.5. The maximum absolute atomic E-state index is 12.5. The number of fused-ring (bicyclic) bond motifs is 1. The zero-order valence-corrected chi connectivity index (χ0v) is 14.5. The summed E-state index contributed by atoms with van der Waals surface area (Å²) in [5.41, 5.74) is 0.700. The van der Waals surface area contributed by atoms with Crippen molar-refractivity contribution in [3.8, 4) is 11.5 Å². The standard InChI is InChI=1S/C18H18N4O5/c23-16-5-11(8-22(16)12-3-4-13-14(6-12)26-9-25-13)18(24)19-7-15-20-17(21-27-15)10-1-2-10/h3-4,6,10-11H,1-2,5,7-9H2,(H,19,24). The molecule has 1 aromatic carbocycles. The van der Waals surface area contributed by atoms with E-state index >= 15 is 0 Å². The Balaban J connectivity index is 1.21. The summed E-state index contributed by atoms with van der Waals surface area (Å²) in [6.07, 6.45) is 2.34. The number of amides is 2. The zero-order chi connectivity index (χ0) is 18.4. The molecule has 2 fully saturated rings. The van der Waals surface area contributed by atoms with Crippen LogP contribution in [0.25, 0.3) is 0 Å². The fraction of sp³-hybridized carbons (Fsp3) is 0.444. The minimum atomic E-state index is -0.422. The van der Waals surface area contributed by atoms with Crippen molar-refractivity contribution in [2.24, 2.45) is 5.92 Å². The minimum Gasteiger partial charge on any atom is -0.454 e. The van der Waals surface area contributed by atoms with Gasteiger partial charge in [-0.3, -0.25) is 9.59 Å². The highest BCUT2D eigenvalue weighted by Crippen LogP contribution is 2.38. The van der Waals surface area contributed by atoms with Crippen LogP contribution in [-0.4, -0.2) is 35.3 Å². The van der Waals surface area contributed by atoms with Crippen LogP contribution >= 0.6 is 0 Å². The van der Waals surface area contributed by atoms with Crippen LogP contribution in [0.3, 0.4) is 0 Å². The van der Waals surface area contributed by atoms with Crippen molar-refractivity contribution in [2.45, 2.75) is 31.7 Å². The third-order valence-corrected chi connectivity index (χ3v) is 5.00. The molecule has 1 saturated carbocycles. The summed E-state index contributed by atoms with van der Waals surface area (Å²) in [6, 6.07) is 5.33. The van der Waals surface area contributed by atoms with Crippen LogP contribution < -0.4 is 19.7 Å². The van der Waals surface area contributed by atoms with Crippen LogP contribution in [0.1, 0.15) is 36.9 Å². The lowest BCUT2D eigenvalue weighted by Crippen LogP contribution is -2.32. The quantitative estimate of drug-likeness (QED) is 0.846. The van der Waals surface area contributed by atoms with Crippen molar-refractivity contribution in [3.05, 3.63) is 29.9 Å². The lowest BCUT2D eigenvalue weighted by molar-refractivity contribution is -0.126. The van der Waals surface area contributed by atoms with E-state index in [9.17, 15) is 9.59 Å². The molecule has 1 saturated heterocycles. The molecule has 2 aliphatic heterocycles. The molecule has 3 aliphatic rings. The molecular formula is C18H18N4O5. The summed E-state index contributed by atoms with van der Waals surface area (Å²) >= 11 is 0. The van der Waals surface area contributed by atoms with E-state index in [-0.39, 0.29) is 31.6 Å². The van der Waals surface area contributed by atoms with Gasteiger partial charge in [-0.25, -0.2) is 0 Å². The Morgan fingerprint density at radius 3 is 2.96 bits per heavy atom. The molecule has 3 heterocycles. The first kappa shape index (κ1) is 16.1. The van der Waals surface area contributed by atoms with Gasteiger partial charge >= 0.3 is 0 Å². The fourth-order valence-electron chi connectivity index (χ4n) is 3.34. The van der Waals surface area contributed by atoms with E-state index in [1.54, 1.807) is 23.1 Å². The smallest absolute Gasteiger partial charge is 0.246 e. The van der Waals surface area contributed by atoms with E-state index in [1.165, 1.54) is 0 Å². The van der Waals surface area contributed by atoms with Crippen LogP contribution in [-0.2, 0) is 16.1 Å². The lowest BCUT2D eigenvalue weighted by atomic mass is 10.1. The average Bonchev–Trinajstić information content (AvgIpc) is 3.08. The first-order valence-corrected chi connectivity index (χ1v) is 8.97. The normalized spacial score (nSPS) is 21.0. The van der Waals surface area contributed by atoms with Gasteiger partial charge in [-0.1, -0.05) is 5.16 Å². The predicted octanol–water partition coefficient (Wildman–Crippen LogP) is 1.34. The molecule has 1 aliphatic carbocycles. The third kappa shape index (κ3) is 3.09. The van der Waals surface area contributed by atoms with E-state index < -0.39 is 5.92 Å². The van der Waals surface area contributed by atoms with Gasteiger partial charge in [0.15, 0.2) is 17.3 Å². The Kier molecular flexibility index (Phi) is 3.73. The van der Waals surface area contributed by atoms with E-state index in [4.69, 9.17) is 14.0 Å². The van der Waals surface area contributed by atoms with Gasteiger partial charge < -0.3 is 24.2 Å². The molecule has 0 radical (unpaired) electrons. The van der Waals surface area contributed by atoms with Gasteiger partial charge in [-0.2, -0.15) is 4.98 Å².